The highest BCUT2D eigenvalue weighted by atomic mass is 19.1. The Morgan fingerprint density at radius 1 is 1.03 bits per heavy atom. The molecule has 4 nitrogen and oxygen atoms in total. The fraction of sp³-hybridized carbons (Fsp3) is 0.458. The van der Waals surface area contributed by atoms with E-state index in [-0.39, 0.29) is 11.7 Å². The van der Waals surface area contributed by atoms with Crippen molar-refractivity contribution in [2.45, 2.75) is 31.7 Å². The van der Waals surface area contributed by atoms with Crippen LogP contribution in [0.2, 0.25) is 0 Å². The third-order valence-corrected chi connectivity index (χ3v) is 6.23. The van der Waals surface area contributed by atoms with Gasteiger partial charge < -0.3 is 10.2 Å². The molecule has 2 saturated heterocycles. The molecule has 2 heterocycles. The summed E-state index contributed by atoms with van der Waals surface area (Å²) < 4.78 is 13.1. The second-order valence-electron chi connectivity index (χ2n) is 8.34. The zero-order chi connectivity index (χ0) is 20.1. The van der Waals surface area contributed by atoms with Crippen LogP contribution < -0.4 is 10.2 Å². The molecule has 0 bridgehead atoms. The van der Waals surface area contributed by atoms with Gasteiger partial charge in [-0.3, -0.25) is 9.69 Å². The van der Waals surface area contributed by atoms with Gasteiger partial charge in [0.1, 0.15) is 5.82 Å². The minimum Gasteiger partial charge on any atom is -0.371 e. The Morgan fingerprint density at radius 3 is 2.62 bits per heavy atom. The molecule has 1 amide bonds. The lowest BCUT2D eigenvalue weighted by molar-refractivity contribution is -0.122. The molecule has 0 aromatic heterocycles. The molecule has 2 fully saturated rings. The van der Waals surface area contributed by atoms with Gasteiger partial charge in [0.05, 0.1) is 6.54 Å². The van der Waals surface area contributed by atoms with Crippen molar-refractivity contribution in [2.75, 3.05) is 37.6 Å². The quantitative estimate of drug-likeness (QED) is 0.780. The first kappa shape index (κ1) is 19.9. The monoisotopic (exact) mass is 395 g/mol. The van der Waals surface area contributed by atoms with Crippen LogP contribution in [0, 0.1) is 11.7 Å². The fourth-order valence-electron chi connectivity index (χ4n) is 4.60. The average molecular weight is 396 g/mol. The zero-order valence-corrected chi connectivity index (χ0v) is 16.9. The van der Waals surface area contributed by atoms with E-state index in [0.29, 0.717) is 18.5 Å². The van der Waals surface area contributed by atoms with Crippen molar-refractivity contribution in [1.82, 2.24) is 10.2 Å². The Hall–Kier alpha value is -2.40. The summed E-state index contributed by atoms with van der Waals surface area (Å²) in [6, 6.07) is 17.6. The number of halogens is 1. The molecule has 1 N–H and O–H groups in total. The first-order chi connectivity index (χ1) is 14.2. The molecule has 154 valence electrons. The van der Waals surface area contributed by atoms with E-state index >= 15 is 0 Å². The van der Waals surface area contributed by atoms with Gasteiger partial charge in [0.2, 0.25) is 5.91 Å². The number of para-hydroxylation sites is 1. The number of carbonyl (C=O) groups is 1. The van der Waals surface area contributed by atoms with E-state index < -0.39 is 0 Å². The van der Waals surface area contributed by atoms with Gasteiger partial charge in [-0.05, 0) is 68.0 Å². The normalized spacial score (nSPS) is 22.2. The topological polar surface area (TPSA) is 35.6 Å². The minimum atomic E-state index is -0.200. The van der Waals surface area contributed by atoms with Gasteiger partial charge >= 0.3 is 0 Å². The molecule has 2 aliphatic heterocycles. The van der Waals surface area contributed by atoms with Crippen molar-refractivity contribution in [1.29, 1.82) is 0 Å². The van der Waals surface area contributed by atoms with Gasteiger partial charge in [0.25, 0.3) is 0 Å². The maximum atomic E-state index is 13.1. The summed E-state index contributed by atoms with van der Waals surface area (Å²) in [5.41, 5.74) is 2.40. The van der Waals surface area contributed by atoms with Crippen molar-refractivity contribution in [3.8, 4) is 0 Å². The van der Waals surface area contributed by atoms with Crippen molar-refractivity contribution in [3.05, 3.63) is 66.0 Å². The Balaban J connectivity index is 1.21. The van der Waals surface area contributed by atoms with E-state index in [0.717, 1.165) is 57.4 Å². The third kappa shape index (κ3) is 5.36. The molecular weight excluding hydrogens is 365 g/mol. The number of nitrogens with one attached hydrogen (secondary N) is 1. The van der Waals surface area contributed by atoms with Crippen LogP contribution in [0.4, 0.5) is 10.1 Å². The van der Waals surface area contributed by atoms with Crippen LogP contribution in [0.25, 0.3) is 0 Å². The first-order valence-electron chi connectivity index (χ1n) is 10.7. The minimum absolute atomic E-state index is 0.120. The van der Waals surface area contributed by atoms with Crippen LogP contribution in [-0.4, -0.2) is 49.6 Å². The van der Waals surface area contributed by atoms with Gasteiger partial charge in [-0.1, -0.05) is 30.3 Å². The molecule has 0 aliphatic carbocycles. The highest BCUT2D eigenvalue weighted by Gasteiger charge is 2.27. The Kier molecular flexibility index (Phi) is 6.45. The third-order valence-electron chi connectivity index (χ3n) is 6.23. The van der Waals surface area contributed by atoms with Gasteiger partial charge in [0, 0.05) is 31.4 Å². The molecule has 2 aromatic rings. The Morgan fingerprint density at radius 2 is 1.83 bits per heavy atom. The molecule has 29 heavy (non-hydrogen) atoms. The van der Waals surface area contributed by atoms with E-state index in [1.54, 1.807) is 0 Å². The Labute approximate surface area is 172 Å². The lowest BCUT2D eigenvalue weighted by Gasteiger charge is -2.24. The van der Waals surface area contributed by atoms with Crippen molar-refractivity contribution in [3.63, 3.8) is 0 Å². The summed E-state index contributed by atoms with van der Waals surface area (Å²) in [7, 11) is 0. The molecule has 2 aliphatic rings. The molecule has 2 aromatic carbocycles. The number of rotatable bonds is 7. The predicted molar refractivity (Wildman–Crippen MR) is 114 cm³/mol. The molecule has 0 saturated carbocycles. The van der Waals surface area contributed by atoms with E-state index in [4.69, 9.17) is 0 Å². The molecule has 5 heteroatoms. The van der Waals surface area contributed by atoms with E-state index in [9.17, 15) is 9.18 Å². The van der Waals surface area contributed by atoms with Crippen LogP contribution in [0.1, 0.15) is 24.8 Å². The maximum absolute atomic E-state index is 13.1. The Bertz CT molecular complexity index is 796. The number of amides is 1. The lowest BCUT2D eigenvalue weighted by Crippen LogP contribution is -2.42. The van der Waals surface area contributed by atoms with E-state index in [1.807, 2.05) is 18.2 Å². The number of likely N-dealkylation sites (tertiary alicyclic amines) is 1. The average Bonchev–Trinajstić information content (AvgIpc) is 3.39. The smallest absolute Gasteiger partial charge is 0.234 e. The van der Waals surface area contributed by atoms with Crippen LogP contribution in [0.15, 0.2) is 54.6 Å². The van der Waals surface area contributed by atoms with Gasteiger partial charge in [-0.25, -0.2) is 4.39 Å². The summed E-state index contributed by atoms with van der Waals surface area (Å²) in [5.74, 6) is 0.427. The summed E-state index contributed by atoms with van der Waals surface area (Å²) in [5, 5.41) is 3.16. The number of nitrogens with zero attached hydrogens (tertiary/aromatic N) is 2. The van der Waals surface area contributed by atoms with Crippen LogP contribution in [0.5, 0.6) is 0 Å². The van der Waals surface area contributed by atoms with E-state index in [2.05, 4.69) is 39.4 Å². The predicted octanol–water partition coefficient (Wildman–Crippen LogP) is 3.48. The number of anilines is 1. The molecule has 4 rings (SSSR count). The lowest BCUT2D eigenvalue weighted by atomic mass is 10.0. The zero-order valence-electron chi connectivity index (χ0n) is 16.9. The SMILES string of the molecule is O=C(CN1CCC[C@H]1Cc1ccc(F)cc1)NC[C@H]1CCN(c2ccccc2)C1. The molecule has 0 unspecified atom stereocenters. The number of hydrogen-bond donors (Lipinski definition) is 1. The number of carbonyl (C=O) groups excluding carboxylic acids is 1. The van der Waals surface area contributed by atoms with Gasteiger partial charge in [0.15, 0.2) is 0 Å². The van der Waals surface area contributed by atoms with Crippen molar-refractivity contribution < 1.29 is 9.18 Å². The molecule has 0 spiro atoms. The second kappa shape index (κ2) is 9.40. The highest BCUT2D eigenvalue weighted by molar-refractivity contribution is 5.78. The summed E-state index contributed by atoms with van der Waals surface area (Å²) >= 11 is 0. The summed E-state index contributed by atoms with van der Waals surface area (Å²) in [4.78, 5) is 17.2. The standard InChI is InChI=1S/C24H30FN3O/c25-21-10-8-19(9-11-21)15-23-7-4-13-27(23)18-24(29)26-16-20-12-14-28(17-20)22-5-2-1-3-6-22/h1-3,5-6,8-11,20,23H,4,7,12-18H2,(H,26,29)/t20-,23+/m1/s1. The first-order valence-corrected chi connectivity index (χ1v) is 10.7. The van der Waals surface area contributed by atoms with Crippen molar-refractivity contribution in [2.24, 2.45) is 5.92 Å². The number of benzene rings is 2. The molecular formula is C24H30FN3O. The molecule has 0 radical (unpaired) electrons. The fourth-order valence-corrected chi connectivity index (χ4v) is 4.60. The van der Waals surface area contributed by atoms with Gasteiger partial charge in [-0.2, -0.15) is 0 Å². The highest BCUT2D eigenvalue weighted by Crippen LogP contribution is 2.23. The summed E-state index contributed by atoms with van der Waals surface area (Å²) in [6.07, 6.45) is 4.21. The van der Waals surface area contributed by atoms with Gasteiger partial charge in [-0.15, -0.1) is 0 Å². The largest absolute Gasteiger partial charge is 0.371 e. The molecule has 2 atom stereocenters. The van der Waals surface area contributed by atoms with E-state index in [1.165, 1.54) is 17.8 Å². The second-order valence-corrected chi connectivity index (χ2v) is 8.34. The van der Waals surface area contributed by atoms with Crippen LogP contribution >= 0.6 is 0 Å². The number of hydrogen-bond acceptors (Lipinski definition) is 3. The van der Waals surface area contributed by atoms with Crippen LogP contribution in [-0.2, 0) is 11.2 Å². The summed E-state index contributed by atoms with van der Waals surface area (Å²) in [6.45, 7) is 4.22. The van der Waals surface area contributed by atoms with Crippen LogP contribution in [0.3, 0.4) is 0 Å². The van der Waals surface area contributed by atoms with Crippen molar-refractivity contribution >= 4 is 11.6 Å². The maximum Gasteiger partial charge on any atom is 0.234 e.